The Bertz CT molecular complexity index is 584. The van der Waals surface area contributed by atoms with E-state index in [0.717, 1.165) is 4.88 Å². The van der Waals surface area contributed by atoms with Gasteiger partial charge >= 0.3 is 0 Å². The summed E-state index contributed by atoms with van der Waals surface area (Å²) in [6, 6.07) is 8.06. The number of hydrogen-bond donors (Lipinski definition) is 1. The van der Waals surface area contributed by atoms with Gasteiger partial charge in [0.25, 0.3) is 5.69 Å². The molecule has 0 aliphatic heterocycles. The molecule has 0 unspecified atom stereocenters. The van der Waals surface area contributed by atoms with Crippen molar-refractivity contribution >= 4 is 40.5 Å². The summed E-state index contributed by atoms with van der Waals surface area (Å²) in [5.74, 6) is 0. The van der Waals surface area contributed by atoms with Crippen LogP contribution in [0.25, 0.3) is 0 Å². The van der Waals surface area contributed by atoms with Gasteiger partial charge in [-0.15, -0.1) is 11.3 Å². The number of nitro benzene ring substituents is 1. The number of halogens is 1. The number of nitro groups is 1. The molecule has 0 saturated carbocycles. The predicted molar refractivity (Wildman–Crippen MR) is 73.6 cm³/mol. The van der Waals surface area contributed by atoms with Gasteiger partial charge in [0.2, 0.25) is 0 Å². The molecule has 1 heterocycles. The summed E-state index contributed by atoms with van der Waals surface area (Å²) in [6.45, 7) is 0. The predicted octanol–water partition coefficient (Wildman–Crippen LogP) is 3.76. The number of rotatable bonds is 4. The van der Waals surface area contributed by atoms with Crippen LogP contribution in [0.1, 0.15) is 4.88 Å². The fraction of sp³-hybridized carbons (Fsp3) is 0. The first-order chi connectivity index (χ1) is 8.66. The molecule has 0 spiro atoms. The van der Waals surface area contributed by atoms with Crippen LogP contribution in [0.4, 0.5) is 11.4 Å². The number of hydrogen-bond acceptors (Lipinski definition) is 5. The van der Waals surface area contributed by atoms with E-state index in [1.807, 2.05) is 17.5 Å². The Morgan fingerprint density at radius 1 is 1.44 bits per heavy atom. The second-order valence-corrected chi connectivity index (χ2v) is 4.72. The standard InChI is InChI=1S/C11H8ClN3O2S/c12-8-3-4-11(15(16)17)10(6-8)14-13-7-9-2-1-5-18-9/h1-7,14H/b13-7+. The highest BCUT2D eigenvalue weighted by Crippen LogP contribution is 2.27. The Morgan fingerprint density at radius 2 is 2.28 bits per heavy atom. The summed E-state index contributed by atoms with van der Waals surface area (Å²) in [7, 11) is 0. The molecule has 0 saturated heterocycles. The Labute approximate surface area is 112 Å². The van der Waals surface area contributed by atoms with Gasteiger partial charge in [0.05, 0.1) is 11.1 Å². The molecular weight excluding hydrogens is 274 g/mol. The van der Waals surface area contributed by atoms with Crippen molar-refractivity contribution in [2.45, 2.75) is 0 Å². The van der Waals surface area contributed by atoms with Crippen LogP contribution in [0.2, 0.25) is 5.02 Å². The van der Waals surface area contributed by atoms with Gasteiger partial charge in [-0.3, -0.25) is 15.5 Å². The highest BCUT2D eigenvalue weighted by Gasteiger charge is 2.12. The Morgan fingerprint density at radius 3 is 2.94 bits per heavy atom. The number of nitrogens with zero attached hydrogens (tertiary/aromatic N) is 2. The molecule has 0 amide bonds. The van der Waals surface area contributed by atoms with Crippen LogP contribution in [0.3, 0.4) is 0 Å². The summed E-state index contributed by atoms with van der Waals surface area (Å²) < 4.78 is 0. The lowest BCUT2D eigenvalue weighted by atomic mass is 10.3. The third kappa shape index (κ3) is 3.06. The van der Waals surface area contributed by atoms with E-state index in [2.05, 4.69) is 10.5 Å². The van der Waals surface area contributed by atoms with Gasteiger partial charge in [-0.25, -0.2) is 0 Å². The number of hydrazone groups is 1. The third-order valence-corrected chi connectivity index (χ3v) is 3.12. The zero-order valence-electron chi connectivity index (χ0n) is 9.04. The number of thiophene rings is 1. The van der Waals surface area contributed by atoms with E-state index < -0.39 is 4.92 Å². The smallest absolute Gasteiger partial charge is 0.272 e. The molecule has 2 aromatic rings. The summed E-state index contributed by atoms with van der Waals surface area (Å²) in [6.07, 6.45) is 1.59. The molecule has 0 fully saturated rings. The minimum atomic E-state index is -0.487. The normalized spacial score (nSPS) is 10.7. The maximum atomic E-state index is 10.8. The lowest BCUT2D eigenvalue weighted by Gasteiger charge is -2.01. The average Bonchev–Trinajstić information content (AvgIpc) is 2.82. The van der Waals surface area contributed by atoms with Crippen molar-refractivity contribution in [1.29, 1.82) is 0 Å². The second-order valence-electron chi connectivity index (χ2n) is 3.30. The Balaban J connectivity index is 2.18. The van der Waals surface area contributed by atoms with Crippen molar-refractivity contribution < 1.29 is 4.92 Å². The number of nitrogens with one attached hydrogen (secondary N) is 1. The molecule has 7 heteroatoms. The second kappa shape index (κ2) is 5.61. The zero-order valence-corrected chi connectivity index (χ0v) is 10.6. The highest BCUT2D eigenvalue weighted by atomic mass is 35.5. The first-order valence-corrected chi connectivity index (χ1v) is 6.19. The van der Waals surface area contributed by atoms with E-state index in [4.69, 9.17) is 11.6 Å². The Hall–Kier alpha value is -1.92. The van der Waals surface area contributed by atoms with Gasteiger partial charge in [-0.1, -0.05) is 17.7 Å². The van der Waals surface area contributed by atoms with E-state index >= 15 is 0 Å². The molecule has 0 atom stereocenters. The van der Waals surface area contributed by atoms with E-state index in [1.165, 1.54) is 29.5 Å². The topological polar surface area (TPSA) is 67.5 Å². The molecule has 0 radical (unpaired) electrons. The molecule has 0 aliphatic rings. The molecule has 0 aliphatic carbocycles. The van der Waals surface area contributed by atoms with Crippen molar-refractivity contribution in [3.8, 4) is 0 Å². The first-order valence-electron chi connectivity index (χ1n) is 4.93. The maximum Gasteiger partial charge on any atom is 0.294 e. The molecule has 1 aromatic carbocycles. The fourth-order valence-electron chi connectivity index (χ4n) is 1.29. The fourth-order valence-corrected chi connectivity index (χ4v) is 2.04. The summed E-state index contributed by atoms with van der Waals surface area (Å²) in [5, 5.41) is 17.1. The van der Waals surface area contributed by atoms with Crippen molar-refractivity contribution in [1.82, 2.24) is 0 Å². The van der Waals surface area contributed by atoms with Crippen molar-refractivity contribution in [3.05, 3.63) is 55.7 Å². The van der Waals surface area contributed by atoms with Crippen LogP contribution in [-0.4, -0.2) is 11.1 Å². The van der Waals surface area contributed by atoms with Crippen LogP contribution >= 0.6 is 22.9 Å². The number of anilines is 1. The molecule has 1 aromatic heterocycles. The SMILES string of the molecule is O=[N+]([O-])c1ccc(Cl)cc1N/N=C/c1cccs1. The van der Waals surface area contributed by atoms with E-state index in [0.29, 0.717) is 5.02 Å². The van der Waals surface area contributed by atoms with Crippen LogP contribution in [0.15, 0.2) is 40.8 Å². The summed E-state index contributed by atoms with van der Waals surface area (Å²) in [4.78, 5) is 11.3. The number of benzene rings is 1. The monoisotopic (exact) mass is 281 g/mol. The minimum Gasteiger partial charge on any atom is -0.272 e. The molecule has 0 bridgehead atoms. The van der Waals surface area contributed by atoms with E-state index in [-0.39, 0.29) is 11.4 Å². The third-order valence-electron chi connectivity index (χ3n) is 2.08. The molecule has 5 nitrogen and oxygen atoms in total. The summed E-state index contributed by atoms with van der Waals surface area (Å²) >= 11 is 7.31. The maximum absolute atomic E-state index is 10.8. The van der Waals surface area contributed by atoms with Gasteiger partial charge in [-0.2, -0.15) is 5.10 Å². The van der Waals surface area contributed by atoms with Crippen LogP contribution in [0, 0.1) is 10.1 Å². The lowest BCUT2D eigenvalue weighted by Crippen LogP contribution is -1.96. The van der Waals surface area contributed by atoms with E-state index in [9.17, 15) is 10.1 Å². The molecule has 1 N–H and O–H groups in total. The van der Waals surface area contributed by atoms with E-state index in [1.54, 1.807) is 6.21 Å². The van der Waals surface area contributed by atoms with Gasteiger partial charge in [0.1, 0.15) is 5.69 Å². The summed E-state index contributed by atoms with van der Waals surface area (Å²) in [5.41, 5.74) is 2.82. The molecule has 2 rings (SSSR count). The van der Waals surface area contributed by atoms with Gasteiger partial charge in [-0.05, 0) is 23.6 Å². The van der Waals surface area contributed by atoms with Crippen LogP contribution in [0.5, 0.6) is 0 Å². The molecule has 92 valence electrons. The average molecular weight is 282 g/mol. The van der Waals surface area contributed by atoms with Crippen LogP contribution in [-0.2, 0) is 0 Å². The lowest BCUT2D eigenvalue weighted by molar-refractivity contribution is -0.384. The first kappa shape index (κ1) is 12.5. The van der Waals surface area contributed by atoms with Crippen molar-refractivity contribution in [2.24, 2.45) is 5.10 Å². The largest absolute Gasteiger partial charge is 0.294 e. The Kier molecular flexibility index (Phi) is 3.91. The van der Waals surface area contributed by atoms with Gasteiger partial charge < -0.3 is 0 Å². The zero-order chi connectivity index (χ0) is 13.0. The van der Waals surface area contributed by atoms with Gasteiger partial charge in [0, 0.05) is 16.0 Å². The molecular formula is C11H8ClN3O2S. The van der Waals surface area contributed by atoms with Crippen molar-refractivity contribution in [2.75, 3.05) is 5.43 Å². The van der Waals surface area contributed by atoms with Crippen molar-refractivity contribution in [3.63, 3.8) is 0 Å². The minimum absolute atomic E-state index is 0.0669. The highest BCUT2D eigenvalue weighted by molar-refractivity contribution is 7.11. The quantitative estimate of drug-likeness (QED) is 0.527. The van der Waals surface area contributed by atoms with Gasteiger partial charge in [0.15, 0.2) is 0 Å². The van der Waals surface area contributed by atoms with Crippen LogP contribution < -0.4 is 5.43 Å². The molecule has 18 heavy (non-hydrogen) atoms.